The zero-order valence-corrected chi connectivity index (χ0v) is 11.6. The van der Waals surface area contributed by atoms with Crippen LogP contribution in [0.15, 0.2) is 24.3 Å². The van der Waals surface area contributed by atoms with E-state index in [0.717, 1.165) is 5.56 Å². The van der Waals surface area contributed by atoms with Crippen molar-refractivity contribution in [1.82, 2.24) is 5.32 Å². The van der Waals surface area contributed by atoms with E-state index < -0.39 is 6.10 Å². The Bertz CT molecular complexity index is 390. The number of aliphatic hydroxyl groups is 1. The van der Waals surface area contributed by atoms with Crippen LogP contribution in [-0.4, -0.2) is 31.4 Å². The van der Waals surface area contributed by atoms with Crippen LogP contribution in [0.2, 0.25) is 0 Å². The number of methoxy groups -OCH3 is 1. The highest BCUT2D eigenvalue weighted by Crippen LogP contribution is 2.15. The second-order valence-corrected chi connectivity index (χ2v) is 4.69. The lowest BCUT2D eigenvalue weighted by Gasteiger charge is -2.12. The fraction of sp³-hybridized carbons (Fsp3) is 0.500. The Morgan fingerprint density at radius 2 is 1.95 bits per heavy atom. The Morgan fingerprint density at radius 3 is 2.47 bits per heavy atom. The molecule has 0 aliphatic carbocycles. The van der Waals surface area contributed by atoms with Crippen LogP contribution in [-0.2, 0) is 4.74 Å². The molecule has 5 nitrogen and oxygen atoms in total. The van der Waals surface area contributed by atoms with Gasteiger partial charge in [0.25, 0.3) is 0 Å². The Labute approximate surface area is 114 Å². The molecule has 0 bridgehead atoms. The van der Waals surface area contributed by atoms with Gasteiger partial charge in [-0.15, -0.1) is 0 Å². The van der Waals surface area contributed by atoms with Crippen LogP contribution in [0.25, 0.3) is 0 Å². The van der Waals surface area contributed by atoms with Gasteiger partial charge in [0.2, 0.25) is 0 Å². The molecular weight excluding hydrogens is 244 g/mol. The Kier molecular flexibility index (Phi) is 6.32. The first-order chi connectivity index (χ1) is 9.02. The van der Waals surface area contributed by atoms with Gasteiger partial charge in [-0.25, -0.2) is 4.79 Å². The highest BCUT2D eigenvalue weighted by atomic mass is 16.5. The number of anilines is 1. The number of nitrogens with one attached hydrogen (secondary N) is 2. The first-order valence-electron chi connectivity index (χ1n) is 6.34. The van der Waals surface area contributed by atoms with E-state index in [4.69, 9.17) is 4.74 Å². The molecule has 19 heavy (non-hydrogen) atoms. The van der Waals surface area contributed by atoms with E-state index in [9.17, 15) is 9.90 Å². The molecule has 0 fully saturated rings. The van der Waals surface area contributed by atoms with Gasteiger partial charge in [0.15, 0.2) is 0 Å². The molecule has 1 aromatic carbocycles. The maximum atomic E-state index is 11.6. The van der Waals surface area contributed by atoms with Gasteiger partial charge in [0.05, 0.1) is 12.7 Å². The largest absolute Gasteiger partial charge is 0.389 e. The van der Waals surface area contributed by atoms with Crippen LogP contribution in [0.3, 0.4) is 0 Å². The highest BCUT2D eigenvalue weighted by molar-refractivity contribution is 5.89. The van der Waals surface area contributed by atoms with Crippen molar-refractivity contribution in [3.05, 3.63) is 29.8 Å². The van der Waals surface area contributed by atoms with E-state index in [-0.39, 0.29) is 11.9 Å². The van der Waals surface area contributed by atoms with Crippen LogP contribution in [0.1, 0.15) is 25.5 Å². The molecule has 1 aromatic rings. The summed E-state index contributed by atoms with van der Waals surface area (Å²) in [5.41, 5.74) is 1.51. The van der Waals surface area contributed by atoms with Crippen molar-refractivity contribution in [3.8, 4) is 0 Å². The number of carbonyl (C=O) groups excluding carboxylic acids is 1. The maximum Gasteiger partial charge on any atom is 0.319 e. The van der Waals surface area contributed by atoms with Crippen molar-refractivity contribution >= 4 is 11.7 Å². The summed E-state index contributed by atoms with van der Waals surface area (Å²) in [5.74, 6) is 0.272. The van der Waals surface area contributed by atoms with E-state index >= 15 is 0 Å². The van der Waals surface area contributed by atoms with E-state index in [1.807, 2.05) is 6.92 Å². The van der Waals surface area contributed by atoms with E-state index in [2.05, 4.69) is 10.6 Å². The second-order valence-electron chi connectivity index (χ2n) is 4.69. The molecule has 2 unspecified atom stereocenters. The maximum absolute atomic E-state index is 11.6. The molecule has 0 heterocycles. The summed E-state index contributed by atoms with van der Waals surface area (Å²) in [5, 5.41) is 14.9. The molecule has 0 spiro atoms. The lowest BCUT2D eigenvalue weighted by molar-refractivity contribution is 0.159. The molecule has 1 rings (SSSR count). The van der Waals surface area contributed by atoms with Crippen molar-refractivity contribution in [2.24, 2.45) is 5.92 Å². The minimum atomic E-state index is -0.502. The second kappa shape index (κ2) is 7.76. The Balaban J connectivity index is 2.40. The smallest absolute Gasteiger partial charge is 0.319 e. The average Bonchev–Trinajstić information content (AvgIpc) is 2.37. The van der Waals surface area contributed by atoms with Crippen LogP contribution < -0.4 is 10.6 Å². The molecule has 0 saturated heterocycles. The van der Waals surface area contributed by atoms with Crippen LogP contribution >= 0.6 is 0 Å². The number of benzene rings is 1. The third-order valence-electron chi connectivity index (χ3n) is 2.71. The topological polar surface area (TPSA) is 70.6 Å². The monoisotopic (exact) mass is 266 g/mol. The molecule has 0 saturated carbocycles. The molecule has 0 aliphatic rings. The molecule has 0 aromatic heterocycles. The summed E-state index contributed by atoms with van der Waals surface area (Å²) >= 11 is 0. The van der Waals surface area contributed by atoms with Crippen molar-refractivity contribution in [2.45, 2.75) is 20.0 Å². The fourth-order valence-electron chi connectivity index (χ4n) is 1.63. The molecular formula is C14H22N2O3. The summed E-state index contributed by atoms with van der Waals surface area (Å²) in [7, 11) is 1.64. The minimum Gasteiger partial charge on any atom is -0.389 e. The van der Waals surface area contributed by atoms with Gasteiger partial charge in [0, 0.05) is 19.3 Å². The zero-order valence-electron chi connectivity index (χ0n) is 11.6. The third kappa shape index (κ3) is 5.72. The molecule has 2 atom stereocenters. The number of urea groups is 1. The number of rotatable bonds is 6. The molecule has 5 heteroatoms. The predicted molar refractivity (Wildman–Crippen MR) is 75.1 cm³/mol. The summed E-state index contributed by atoms with van der Waals surface area (Å²) < 4.78 is 4.99. The van der Waals surface area contributed by atoms with Crippen molar-refractivity contribution < 1.29 is 14.6 Å². The van der Waals surface area contributed by atoms with Gasteiger partial charge in [0.1, 0.15) is 0 Å². The number of carbonyl (C=O) groups is 1. The number of aliphatic hydroxyl groups excluding tert-OH is 1. The standard InChI is InChI=1S/C14H22N2O3/c1-10(9-19-3)8-15-14(18)16-13-6-4-12(5-7-13)11(2)17/h4-7,10-11,17H,8-9H2,1-3H3,(H2,15,16,18). The predicted octanol–water partition coefficient (Wildman–Crippen LogP) is 2.14. The lowest BCUT2D eigenvalue weighted by Crippen LogP contribution is -2.33. The molecule has 3 N–H and O–H groups in total. The summed E-state index contributed by atoms with van der Waals surface area (Å²) in [4.78, 5) is 11.6. The zero-order chi connectivity index (χ0) is 14.3. The summed E-state index contributed by atoms with van der Waals surface area (Å²) in [6, 6.07) is 6.86. The van der Waals surface area contributed by atoms with Gasteiger partial charge in [-0.1, -0.05) is 19.1 Å². The minimum absolute atomic E-state index is 0.243. The lowest BCUT2D eigenvalue weighted by atomic mass is 10.1. The van der Waals surface area contributed by atoms with Crippen molar-refractivity contribution in [2.75, 3.05) is 25.6 Å². The molecule has 2 amide bonds. The number of amides is 2. The third-order valence-corrected chi connectivity index (χ3v) is 2.71. The Morgan fingerprint density at radius 1 is 1.32 bits per heavy atom. The van der Waals surface area contributed by atoms with E-state index in [1.54, 1.807) is 38.3 Å². The molecule has 0 radical (unpaired) electrons. The normalized spacial score (nSPS) is 13.7. The first kappa shape index (κ1) is 15.5. The number of ether oxygens (including phenoxy) is 1. The molecule has 106 valence electrons. The van der Waals surface area contributed by atoms with Gasteiger partial charge in [-0.05, 0) is 30.5 Å². The first-order valence-corrected chi connectivity index (χ1v) is 6.34. The number of hydrogen-bond acceptors (Lipinski definition) is 3. The average molecular weight is 266 g/mol. The highest BCUT2D eigenvalue weighted by Gasteiger charge is 2.06. The fourth-order valence-corrected chi connectivity index (χ4v) is 1.63. The van der Waals surface area contributed by atoms with Crippen LogP contribution in [0.4, 0.5) is 10.5 Å². The van der Waals surface area contributed by atoms with Gasteiger partial charge in [-0.3, -0.25) is 0 Å². The van der Waals surface area contributed by atoms with Gasteiger partial charge < -0.3 is 20.5 Å². The van der Waals surface area contributed by atoms with Crippen LogP contribution in [0, 0.1) is 5.92 Å². The Hall–Kier alpha value is -1.59. The van der Waals surface area contributed by atoms with Gasteiger partial charge in [-0.2, -0.15) is 0 Å². The quantitative estimate of drug-likeness (QED) is 0.739. The van der Waals surface area contributed by atoms with Crippen LogP contribution in [0.5, 0.6) is 0 Å². The van der Waals surface area contributed by atoms with Crippen molar-refractivity contribution in [1.29, 1.82) is 0 Å². The number of hydrogen-bond donors (Lipinski definition) is 3. The van der Waals surface area contributed by atoms with E-state index in [1.165, 1.54) is 0 Å². The molecule has 0 aliphatic heterocycles. The summed E-state index contributed by atoms with van der Waals surface area (Å²) in [6.45, 7) is 4.88. The SMILES string of the molecule is COCC(C)CNC(=O)Nc1ccc(C(C)O)cc1. The summed E-state index contributed by atoms with van der Waals surface area (Å²) in [6.07, 6.45) is -0.502. The van der Waals surface area contributed by atoms with E-state index in [0.29, 0.717) is 18.8 Å². The van der Waals surface area contributed by atoms with Crippen molar-refractivity contribution in [3.63, 3.8) is 0 Å². The van der Waals surface area contributed by atoms with Gasteiger partial charge >= 0.3 is 6.03 Å².